The molecule has 0 spiro atoms. The van der Waals surface area contributed by atoms with E-state index in [1.807, 2.05) is 48.5 Å². The molecule has 1 fully saturated rings. The van der Waals surface area contributed by atoms with Crippen molar-refractivity contribution in [3.05, 3.63) is 66.9 Å². The third-order valence-corrected chi connectivity index (χ3v) is 5.33. The fourth-order valence-corrected chi connectivity index (χ4v) is 3.83. The molecule has 2 N–H and O–H groups in total. The minimum absolute atomic E-state index is 0.128. The number of nitrogens with zero attached hydrogens (tertiary/aromatic N) is 3. The average Bonchev–Trinajstić information content (AvgIpc) is 3.30. The number of aromatic nitrogens is 3. The van der Waals surface area contributed by atoms with Crippen LogP contribution in [0.4, 0.5) is 20.3 Å². The summed E-state index contributed by atoms with van der Waals surface area (Å²) < 4.78 is 27.2. The van der Waals surface area contributed by atoms with E-state index in [-0.39, 0.29) is 13.0 Å². The van der Waals surface area contributed by atoms with Crippen molar-refractivity contribution < 1.29 is 8.78 Å². The molecular formula is C22H19F2N5. The van der Waals surface area contributed by atoms with Crippen molar-refractivity contribution in [1.29, 1.82) is 0 Å². The molecule has 1 saturated heterocycles. The number of pyridine rings is 1. The Balaban J connectivity index is 1.46. The van der Waals surface area contributed by atoms with Crippen molar-refractivity contribution in [3.63, 3.8) is 0 Å². The Bertz CT molecular complexity index is 1230. The van der Waals surface area contributed by atoms with Crippen molar-refractivity contribution in [1.82, 2.24) is 20.1 Å². The lowest BCUT2D eigenvalue weighted by atomic mass is 10.0. The summed E-state index contributed by atoms with van der Waals surface area (Å²) in [5, 5.41) is 12.5. The van der Waals surface area contributed by atoms with Crippen LogP contribution >= 0.6 is 0 Å². The first-order valence-corrected chi connectivity index (χ1v) is 9.41. The Kier molecular flexibility index (Phi) is 3.97. The molecule has 0 atom stereocenters. The van der Waals surface area contributed by atoms with E-state index in [0.717, 1.165) is 33.1 Å². The first kappa shape index (κ1) is 17.6. The fourth-order valence-electron chi connectivity index (χ4n) is 3.83. The van der Waals surface area contributed by atoms with E-state index in [4.69, 9.17) is 0 Å². The first-order valence-electron chi connectivity index (χ1n) is 9.41. The summed E-state index contributed by atoms with van der Waals surface area (Å²) in [6.45, 7) is 4.14. The molecule has 7 heteroatoms. The molecule has 146 valence electrons. The summed E-state index contributed by atoms with van der Waals surface area (Å²) in [6, 6.07) is 15.6. The topological polar surface area (TPSA) is 56.8 Å². The van der Waals surface area contributed by atoms with Gasteiger partial charge in [-0.1, -0.05) is 30.8 Å². The van der Waals surface area contributed by atoms with Gasteiger partial charge in [-0.3, -0.25) is 10.1 Å². The maximum absolute atomic E-state index is 13.6. The zero-order chi connectivity index (χ0) is 20.0. The van der Waals surface area contributed by atoms with Gasteiger partial charge in [0.15, 0.2) is 5.82 Å². The highest BCUT2D eigenvalue weighted by Crippen LogP contribution is 2.35. The lowest BCUT2D eigenvalue weighted by Gasteiger charge is -2.22. The highest BCUT2D eigenvalue weighted by molar-refractivity contribution is 5.96. The van der Waals surface area contributed by atoms with E-state index in [1.165, 1.54) is 0 Å². The van der Waals surface area contributed by atoms with Gasteiger partial charge in [0.1, 0.15) is 5.52 Å². The lowest BCUT2D eigenvalue weighted by Crippen LogP contribution is -2.23. The molecule has 0 aliphatic carbocycles. The van der Waals surface area contributed by atoms with Crippen molar-refractivity contribution in [2.45, 2.75) is 12.3 Å². The van der Waals surface area contributed by atoms with Gasteiger partial charge >= 0.3 is 0 Å². The number of nitrogens with one attached hydrogen (secondary N) is 2. The predicted molar refractivity (Wildman–Crippen MR) is 111 cm³/mol. The Morgan fingerprint density at radius 1 is 1.17 bits per heavy atom. The van der Waals surface area contributed by atoms with Crippen LogP contribution in [0.15, 0.2) is 61.3 Å². The normalized spacial score (nSPS) is 15.9. The predicted octanol–water partition coefficient (Wildman–Crippen LogP) is 5.17. The summed E-state index contributed by atoms with van der Waals surface area (Å²) in [5.74, 6) is -2.00. The number of H-pyrrole nitrogens is 1. The second-order valence-electron chi connectivity index (χ2n) is 7.31. The number of fused-ring (bicyclic) bond motifs is 2. The van der Waals surface area contributed by atoms with Gasteiger partial charge in [-0.15, -0.1) is 0 Å². The average molecular weight is 391 g/mol. The largest absolute Gasteiger partial charge is 0.365 e. The van der Waals surface area contributed by atoms with Crippen molar-refractivity contribution in [2.24, 2.45) is 0 Å². The Morgan fingerprint density at radius 3 is 2.90 bits per heavy atom. The standard InChI is InChI=1S/C22H19F2N5/c1-14(29-11-9-22(23,24)13-29)17-5-2-4-15-12-16(7-8-18(15)17)26-21-20-19(27-28-21)6-3-10-25-20/h2-8,10,12H,1,9,11,13H2,(H2,26,27,28). The Hall–Kier alpha value is -3.48. The quantitative estimate of drug-likeness (QED) is 0.504. The number of anilines is 2. The summed E-state index contributed by atoms with van der Waals surface area (Å²) in [4.78, 5) is 6.03. The van der Waals surface area contributed by atoms with Crippen molar-refractivity contribution in [2.75, 3.05) is 18.4 Å². The Labute approximate surface area is 166 Å². The second-order valence-corrected chi connectivity index (χ2v) is 7.31. The maximum Gasteiger partial charge on any atom is 0.266 e. The van der Waals surface area contributed by atoms with Gasteiger partial charge in [0.2, 0.25) is 0 Å². The fraction of sp³-hybridized carbons (Fsp3) is 0.182. The van der Waals surface area contributed by atoms with Crippen molar-refractivity contribution >= 4 is 39.0 Å². The number of rotatable bonds is 4. The van der Waals surface area contributed by atoms with Crippen LogP contribution in [0.25, 0.3) is 27.5 Å². The molecule has 1 aliphatic rings. The van der Waals surface area contributed by atoms with E-state index in [2.05, 4.69) is 27.1 Å². The zero-order valence-electron chi connectivity index (χ0n) is 15.6. The van der Waals surface area contributed by atoms with Crippen LogP contribution in [0.5, 0.6) is 0 Å². The highest BCUT2D eigenvalue weighted by Gasteiger charge is 2.38. The summed E-state index contributed by atoms with van der Waals surface area (Å²) in [7, 11) is 0. The monoisotopic (exact) mass is 391 g/mol. The minimum Gasteiger partial charge on any atom is -0.365 e. The second kappa shape index (κ2) is 6.55. The molecule has 0 bridgehead atoms. The number of aromatic amines is 1. The van der Waals surface area contributed by atoms with Crippen LogP contribution in [-0.2, 0) is 0 Å². The summed E-state index contributed by atoms with van der Waals surface area (Å²) >= 11 is 0. The first-order chi connectivity index (χ1) is 14.0. The minimum atomic E-state index is -2.65. The van der Waals surface area contributed by atoms with Gasteiger partial charge in [-0.2, -0.15) is 5.10 Å². The van der Waals surface area contributed by atoms with Gasteiger partial charge in [0.05, 0.1) is 12.1 Å². The van der Waals surface area contributed by atoms with Crippen LogP contribution in [-0.4, -0.2) is 39.1 Å². The molecular weight excluding hydrogens is 372 g/mol. The van der Waals surface area contributed by atoms with Crippen LogP contribution in [0.2, 0.25) is 0 Å². The number of alkyl halides is 2. The van der Waals surface area contributed by atoms with Crippen LogP contribution in [0.3, 0.4) is 0 Å². The molecule has 2 aromatic carbocycles. The number of hydrogen-bond acceptors (Lipinski definition) is 4. The van der Waals surface area contributed by atoms with E-state index in [0.29, 0.717) is 18.1 Å². The molecule has 0 unspecified atom stereocenters. The molecule has 4 aromatic rings. The highest BCUT2D eigenvalue weighted by atomic mass is 19.3. The molecule has 0 amide bonds. The van der Waals surface area contributed by atoms with Gasteiger partial charge in [-0.25, -0.2) is 8.78 Å². The Morgan fingerprint density at radius 2 is 2.07 bits per heavy atom. The van der Waals surface area contributed by atoms with E-state index in [1.54, 1.807) is 11.1 Å². The molecule has 29 heavy (non-hydrogen) atoms. The molecule has 5 nitrogen and oxygen atoms in total. The van der Waals surface area contributed by atoms with E-state index in [9.17, 15) is 8.78 Å². The van der Waals surface area contributed by atoms with Crippen LogP contribution in [0, 0.1) is 0 Å². The molecule has 1 aliphatic heterocycles. The molecule has 0 radical (unpaired) electrons. The van der Waals surface area contributed by atoms with Crippen molar-refractivity contribution in [3.8, 4) is 0 Å². The van der Waals surface area contributed by atoms with E-state index < -0.39 is 5.92 Å². The van der Waals surface area contributed by atoms with Gasteiger partial charge < -0.3 is 10.2 Å². The summed E-state index contributed by atoms with van der Waals surface area (Å²) in [6.07, 6.45) is 1.60. The van der Waals surface area contributed by atoms with Gasteiger partial charge in [0.25, 0.3) is 5.92 Å². The number of benzene rings is 2. The summed E-state index contributed by atoms with van der Waals surface area (Å²) in [5.41, 5.74) is 4.00. The third-order valence-electron chi connectivity index (χ3n) is 5.33. The SMILES string of the molecule is C=C(c1cccc2cc(Nc3n[nH]c4cccnc34)ccc12)N1CCC(F)(F)C1. The van der Waals surface area contributed by atoms with Crippen LogP contribution in [0.1, 0.15) is 12.0 Å². The maximum atomic E-state index is 13.6. The van der Waals surface area contributed by atoms with E-state index >= 15 is 0 Å². The number of halogens is 2. The third kappa shape index (κ3) is 3.18. The smallest absolute Gasteiger partial charge is 0.266 e. The lowest BCUT2D eigenvalue weighted by molar-refractivity contribution is 0.0169. The van der Waals surface area contributed by atoms with Crippen LogP contribution < -0.4 is 5.32 Å². The molecule has 0 saturated carbocycles. The molecule has 5 rings (SSSR count). The zero-order valence-corrected chi connectivity index (χ0v) is 15.6. The van der Waals surface area contributed by atoms with Gasteiger partial charge in [-0.05, 0) is 35.0 Å². The van der Waals surface area contributed by atoms with Gasteiger partial charge in [0, 0.05) is 36.1 Å². The molecule has 3 heterocycles. The number of likely N-dealkylation sites (tertiary alicyclic amines) is 1. The number of hydrogen-bond donors (Lipinski definition) is 2. The molecule has 2 aromatic heterocycles.